The fourth-order valence-electron chi connectivity index (χ4n) is 5.08. The minimum absolute atomic E-state index is 0.0533. The lowest BCUT2D eigenvalue weighted by Gasteiger charge is -2.34. The first-order valence-corrected chi connectivity index (χ1v) is 12.7. The highest BCUT2D eigenvalue weighted by Gasteiger charge is 2.53. The van der Waals surface area contributed by atoms with Gasteiger partial charge in [-0.3, -0.25) is 14.6 Å². The largest absolute Gasteiger partial charge is 0.458 e. The van der Waals surface area contributed by atoms with E-state index in [1.54, 1.807) is 27.0 Å². The van der Waals surface area contributed by atoms with E-state index in [9.17, 15) is 19.8 Å². The van der Waals surface area contributed by atoms with Crippen LogP contribution >= 0.6 is 0 Å². The van der Waals surface area contributed by atoms with Crippen molar-refractivity contribution in [2.24, 2.45) is 17.3 Å². The van der Waals surface area contributed by atoms with Gasteiger partial charge in [-0.05, 0) is 56.4 Å². The lowest BCUT2D eigenvalue weighted by atomic mass is 9.73. The third-order valence-corrected chi connectivity index (χ3v) is 7.98. The molecule has 7 heteroatoms. The van der Waals surface area contributed by atoms with Gasteiger partial charge in [0.25, 0.3) is 0 Å². The molecule has 0 radical (unpaired) electrons. The Balaban J connectivity index is 1.86. The second-order valence-electron chi connectivity index (χ2n) is 11.2. The van der Waals surface area contributed by atoms with Crippen molar-refractivity contribution < 1.29 is 29.3 Å². The minimum atomic E-state index is -1.23. The monoisotopic (exact) mass is 487 g/mol. The van der Waals surface area contributed by atoms with E-state index >= 15 is 0 Å². The molecule has 1 aromatic rings. The highest BCUT2D eigenvalue weighted by atomic mass is 16.6. The quantitative estimate of drug-likeness (QED) is 0.477. The molecule has 3 unspecified atom stereocenters. The van der Waals surface area contributed by atoms with E-state index in [1.165, 1.54) is 0 Å². The normalized spacial score (nSPS) is 37.3. The number of cyclic esters (lactones) is 1. The van der Waals surface area contributed by atoms with Crippen LogP contribution in [0.4, 0.5) is 0 Å². The van der Waals surface area contributed by atoms with Crippen molar-refractivity contribution >= 4 is 17.8 Å². The van der Waals surface area contributed by atoms with Gasteiger partial charge in [0.1, 0.15) is 11.9 Å². The highest BCUT2D eigenvalue weighted by Crippen LogP contribution is 2.45. The number of ketones is 1. The number of aromatic nitrogens is 1. The van der Waals surface area contributed by atoms with Crippen molar-refractivity contribution in [3.05, 3.63) is 35.7 Å². The molecule has 0 aliphatic carbocycles. The van der Waals surface area contributed by atoms with Crippen molar-refractivity contribution in [2.45, 2.75) is 104 Å². The molecule has 2 N–H and O–H groups in total. The molecule has 0 aromatic carbocycles. The van der Waals surface area contributed by atoms with E-state index < -0.39 is 35.6 Å². The Labute approximate surface area is 208 Å². The number of fused-ring (bicyclic) bond motifs is 1. The summed E-state index contributed by atoms with van der Waals surface area (Å²) in [7, 11) is 0. The van der Waals surface area contributed by atoms with Crippen molar-refractivity contribution in [1.29, 1.82) is 0 Å². The van der Waals surface area contributed by atoms with Gasteiger partial charge in [0.05, 0.1) is 41.4 Å². The molecule has 2 fully saturated rings. The number of nitrogens with zero attached hydrogens (tertiary/aromatic N) is 1. The smallest absolute Gasteiger partial charge is 0.309 e. The maximum atomic E-state index is 13.2. The van der Waals surface area contributed by atoms with Gasteiger partial charge in [0.2, 0.25) is 0 Å². The zero-order valence-electron chi connectivity index (χ0n) is 21.9. The molecule has 2 aliphatic rings. The minimum Gasteiger partial charge on any atom is -0.458 e. The molecule has 0 amide bonds. The Hall–Kier alpha value is -2.09. The predicted octanol–water partition coefficient (Wildman–Crippen LogP) is 4.11. The van der Waals surface area contributed by atoms with Gasteiger partial charge in [-0.15, -0.1) is 0 Å². The number of carbonyl (C=O) groups is 2. The maximum Gasteiger partial charge on any atom is 0.309 e. The molecule has 1 aromatic heterocycles. The maximum absolute atomic E-state index is 13.2. The van der Waals surface area contributed by atoms with Crippen LogP contribution in [0.5, 0.6) is 0 Å². The van der Waals surface area contributed by atoms with Gasteiger partial charge < -0.3 is 19.7 Å². The van der Waals surface area contributed by atoms with E-state index in [0.717, 1.165) is 30.5 Å². The molecule has 2 saturated heterocycles. The third-order valence-electron chi connectivity index (χ3n) is 7.98. The van der Waals surface area contributed by atoms with Gasteiger partial charge in [0, 0.05) is 18.5 Å². The number of carbonyl (C=O) groups excluding carboxylic acids is 2. The Bertz CT molecular complexity index is 929. The third kappa shape index (κ3) is 6.57. The summed E-state index contributed by atoms with van der Waals surface area (Å²) in [5.41, 5.74) is 0.0933. The summed E-state index contributed by atoms with van der Waals surface area (Å²) >= 11 is 0. The molecule has 7 atom stereocenters. The SMILES string of the molecule is CC(=Cc1ccccn1)[C@@H]1C[C@@H]2O[C@]2(C)CCCC(C)[C@H](O)C(C)C(=O)C(C)(C)C(O)CC(=O)O1. The van der Waals surface area contributed by atoms with E-state index in [4.69, 9.17) is 9.47 Å². The number of epoxide rings is 1. The molecule has 3 rings (SSSR count). The van der Waals surface area contributed by atoms with Gasteiger partial charge in [-0.1, -0.05) is 40.2 Å². The summed E-state index contributed by atoms with van der Waals surface area (Å²) in [6.07, 6.45) is 3.60. The Morgan fingerprint density at radius 1 is 1.17 bits per heavy atom. The topological polar surface area (TPSA) is 109 Å². The van der Waals surface area contributed by atoms with Gasteiger partial charge >= 0.3 is 5.97 Å². The van der Waals surface area contributed by atoms with Crippen LogP contribution in [0.15, 0.2) is 30.0 Å². The Morgan fingerprint density at radius 3 is 2.54 bits per heavy atom. The first kappa shape index (κ1) is 27.5. The van der Waals surface area contributed by atoms with Crippen LogP contribution in [0.25, 0.3) is 6.08 Å². The first-order chi connectivity index (χ1) is 16.3. The molecule has 3 heterocycles. The second kappa shape index (κ2) is 10.9. The standard InChI is InChI=1S/C28H41NO6/c1-17-10-9-12-28(6)23(35-28)15-21(18(2)14-20-11-7-8-13-29-20)34-24(31)16-22(30)27(4,5)26(33)19(3)25(17)32/h7-8,11,13-14,17,19,21-23,25,30,32H,9-10,12,15-16H2,1-6H3/t17?,19?,21-,22?,23-,25-,28+/m0/s1. The molecular formula is C28H41NO6. The van der Waals surface area contributed by atoms with Crippen LogP contribution in [0.2, 0.25) is 0 Å². The van der Waals surface area contributed by atoms with Crippen molar-refractivity contribution in [3.63, 3.8) is 0 Å². The van der Waals surface area contributed by atoms with Gasteiger partial charge in [-0.2, -0.15) is 0 Å². The number of rotatable bonds is 2. The molecule has 35 heavy (non-hydrogen) atoms. The highest BCUT2D eigenvalue weighted by molar-refractivity contribution is 5.88. The lowest BCUT2D eigenvalue weighted by molar-refractivity contribution is -0.154. The summed E-state index contributed by atoms with van der Waals surface area (Å²) in [5.74, 6) is -1.56. The summed E-state index contributed by atoms with van der Waals surface area (Å²) < 4.78 is 11.9. The van der Waals surface area contributed by atoms with E-state index in [1.807, 2.05) is 38.1 Å². The van der Waals surface area contributed by atoms with Gasteiger partial charge in [-0.25, -0.2) is 0 Å². The number of Topliss-reactive ketones (excluding diaryl/α,β-unsaturated/α-hetero) is 1. The molecule has 194 valence electrons. The number of hydrogen-bond donors (Lipinski definition) is 2. The second-order valence-corrected chi connectivity index (χ2v) is 11.2. The summed E-state index contributed by atoms with van der Waals surface area (Å²) in [5, 5.41) is 21.7. The number of aliphatic hydroxyl groups is 2. The number of pyridine rings is 1. The van der Waals surface area contributed by atoms with E-state index in [2.05, 4.69) is 11.9 Å². The summed E-state index contributed by atoms with van der Waals surface area (Å²) in [4.78, 5) is 30.5. The summed E-state index contributed by atoms with van der Waals surface area (Å²) in [6, 6.07) is 5.62. The molecule has 7 nitrogen and oxygen atoms in total. The Morgan fingerprint density at radius 2 is 1.89 bits per heavy atom. The van der Waals surface area contributed by atoms with Crippen LogP contribution in [0, 0.1) is 17.3 Å². The first-order valence-electron chi connectivity index (χ1n) is 12.7. The van der Waals surface area contributed by atoms with Crippen LogP contribution in [0.3, 0.4) is 0 Å². The average molecular weight is 488 g/mol. The number of ether oxygens (including phenoxy) is 2. The van der Waals surface area contributed by atoms with Crippen molar-refractivity contribution in [1.82, 2.24) is 4.98 Å². The lowest BCUT2D eigenvalue weighted by Crippen LogP contribution is -2.45. The number of hydrogen-bond acceptors (Lipinski definition) is 7. The zero-order valence-corrected chi connectivity index (χ0v) is 21.9. The van der Waals surface area contributed by atoms with E-state index in [-0.39, 0.29) is 29.8 Å². The number of aliphatic hydroxyl groups excluding tert-OH is 2. The Kier molecular flexibility index (Phi) is 8.56. The molecule has 0 saturated carbocycles. The predicted molar refractivity (Wildman–Crippen MR) is 133 cm³/mol. The fraction of sp³-hybridized carbons (Fsp3) is 0.679. The number of esters is 1. The molecule has 2 aliphatic heterocycles. The molecule has 0 spiro atoms. The van der Waals surface area contributed by atoms with Crippen molar-refractivity contribution in [2.75, 3.05) is 0 Å². The van der Waals surface area contributed by atoms with Crippen molar-refractivity contribution in [3.8, 4) is 0 Å². The fourth-order valence-corrected chi connectivity index (χ4v) is 5.08. The van der Waals surface area contributed by atoms with Crippen LogP contribution in [0.1, 0.15) is 79.3 Å². The van der Waals surface area contributed by atoms with Gasteiger partial charge in [0.15, 0.2) is 0 Å². The average Bonchev–Trinajstić information content (AvgIpc) is 3.45. The van der Waals surface area contributed by atoms with Crippen LogP contribution in [-0.4, -0.2) is 57.0 Å². The van der Waals surface area contributed by atoms with E-state index in [0.29, 0.717) is 6.42 Å². The molecular weight excluding hydrogens is 446 g/mol. The zero-order chi connectivity index (χ0) is 26.0. The van der Waals surface area contributed by atoms with Crippen LogP contribution < -0.4 is 0 Å². The van der Waals surface area contributed by atoms with Crippen LogP contribution in [-0.2, 0) is 19.1 Å². The molecule has 0 bridgehead atoms. The summed E-state index contributed by atoms with van der Waals surface area (Å²) in [6.45, 7) is 10.9.